The van der Waals surface area contributed by atoms with Crippen molar-refractivity contribution in [1.82, 2.24) is 15.0 Å². The second kappa shape index (κ2) is 5.41. The maximum atomic E-state index is 13.1. The van der Waals surface area contributed by atoms with Crippen molar-refractivity contribution in [3.63, 3.8) is 0 Å². The van der Waals surface area contributed by atoms with E-state index in [9.17, 15) is 9.18 Å². The van der Waals surface area contributed by atoms with Crippen LogP contribution in [0.2, 0.25) is 0 Å². The number of benzene rings is 2. The highest BCUT2D eigenvalue weighted by molar-refractivity contribution is 5.96. The van der Waals surface area contributed by atoms with Crippen molar-refractivity contribution in [2.45, 2.75) is 6.54 Å². The number of halogens is 1. The highest BCUT2D eigenvalue weighted by atomic mass is 19.1. The third-order valence-electron chi connectivity index (χ3n) is 3.23. The summed E-state index contributed by atoms with van der Waals surface area (Å²) >= 11 is 0. The second-order valence-electron chi connectivity index (χ2n) is 4.66. The average molecular weight is 285 g/mol. The Kier molecular flexibility index (Phi) is 3.45. The standard InChI is InChI=1S/C15H12FN3O2/c16-12-5-6-14-13(7-12)17-18-19(14)8-10-1-3-11(4-2-10)15(21)9-20/h1-7,20H,8-9H2. The summed E-state index contributed by atoms with van der Waals surface area (Å²) in [5.41, 5.74) is 2.64. The lowest BCUT2D eigenvalue weighted by Crippen LogP contribution is -2.05. The summed E-state index contributed by atoms with van der Waals surface area (Å²) in [6, 6.07) is 11.2. The van der Waals surface area contributed by atoms with E-state index in [0.717, 1.165) is 11.1 Å². The van der Waals surface area contributed by atoms with Crippen molar-refractivity contribution in [3.05, 3.63) is 59.4 Å². The molecule has 21 heavy (non-hydrogen) atoms. The maximum Gasteiger partial charge on any atom is 0.188 e. The Balaban J connectivity index is 1.86. The zero-order chi connectivity index (χ0) is 14.8. The lowest BCUT2D eigenvalue weighted by molar-refractivity contribution is 0.0903. The number of aromatic nitrogens is 3. The molecule has 0 aliphatic rings. The highest BCUT2D eigenvalue weighted by Crippen LogP contribution is 2.14. The lowest BCUT2D eigenvalue weighted by Gasteiger charge is -2.04. The molecular weight excluding hydrogens is 273 g/mol. The fraction of sp³-hybridized carbons (Fsp3) is 0.133. The van der Waals surface area contributed by atoms with E-state index in [-0.39, 0.29) is 11.6 Å². The van der Waals surface area contributed by atoms with Gasteiger partial charge in [0.15, 0.2) is 5.78 Å². The van der Waals surface area contributed by atoms with Gasteiger partial charge in [0, 0.05) is 11.6 Å². The van der Waals surface area contributed by atoms with Gasteiger partial charge < -0.3 is 5.11 Å². The van der Waals surface area contributed by atoms with E-state index in [1.165, 1.54) is 12.1 Å². The summed E-state index contributed by atoms with van der Waals surface area (Å²) in [6.07, 6.45) is 0. The molecule has 0 radical (unpaired) electrons. The zero-order valence-electron chi connectivity index (χ0n) is 11.0. The molecule has 3 aromatic rings. The van der Waals surface area contributed by atoms with E-state index < -0.39 is 6.61 Å². The van der Waals surface area contributed by atoms with Crippen LogP contribution in [0.4, 0.5) is 4.39 Å². The summed E-state index contributed by atoms with van der Waals surface area (Å²) in [7, 11) is 0. The molecule has 2 aromatic carbocycles. The van der Waals surface area contributed by atoms with Gasteiger partial charge in [-0.05, 0) is 17.7 Å². The van der Waals surface area contributed by atoms with E-state index in [2.05, 4.69) is 10.3 Å². The van der Waals surface area contributed by atoms with Crippen LogP contribution in [-0.4, -0.2) is 32.5 Å². The molecule has 1 heterocycles. The molecule has 0 aliphatic heterocycles. The monoisotopic (exact) mass is 285 g/mol. The Morgan fingerprint density at radius 3 is 2.67 bits per heavy atom. The normalized spacial score (nSPS) is 11.0. The average Bonchev–Trinajstić information content (AvgIpc) is 2.89. The summed E-state index contributed by atoms with van der Waals surface area (Å²) in [6.45, 7) is -0.0334. The summed E-state index contributed by atoms with van der Waals surface area (Å²) in [5, 5.41) is 16.7. The minimum Gasteiger partial charge on any atom is -0.388 e. The number of hydrogen-bond donors (Lipinski definition) is 1. The first-order valence-electron chi connectivity index (χ1n) is 6.39. The van der Waals surface area contributed by atoms with Crippen LogP contribution in [0.25, 0.3) is 11.0 Å². The van der Waals surface area contributed by atoms with Crippen molar-refractivity contribution in [1.29, 1.82) is 0 Å². The number of hydrogen-bond acceptors (Lipinski definition) is 4. The molecule has 5 nitrogen and oxygen atoms in total. The molecule has 1 aromatic heterocycles. The molecule has 0 fully saturated rings. The fourth-order valence-corrected chi connectivity index (χ4v) is 2.12. The van der Waals surface area contributed by atoms with Crippen LogP contribution in [0.3, 0.4) is 0 Å². The van der Waals surface area contributed by atoms with Gasteiger partial charge in [-0.2, -0.15) is 0 Å². The van der Waals surface area contributed by atoms with Gasteiger partial charge in [-0.1, -0.05) is 29.5 Å². The van der Waals surface area contributed by atoms with E-state index in [1.54, 1.807) is 35.0 Å². The van der Waals surface area contributed by atoms with Crippen molar-refractivity contribution in [2.75, 3.05) is 6.61 Å². The van der Waals surface area contributed by atoms with Crippen molar-refractivity contribution >= 4 is 16.8 Å². The number of fused-ring (bicyclic) bond motifs is 1. The molecule has 6 heteroatoms. The first kappa shape index (κ1) is 13.4. The third kappa shape index (κ3) is 2.66. The number of carbonyl (C=O) groups is 1. The second-order valence-corrected chi connectivity index (χ2v) is 4.66. The minimum absolute atomic E-state index is 0.316. The number of ketones is 1. The fourth-order valence-electron chi connectivity index (χ4n) is 2.12. The van der Waals surface area contributed by atoms with Crippen LogP contribution in [0.5, 0.6) is 0 Å². The Bertz CT molecular complexity index is 796. The molecule has 0 atom stereocenters. The minimum atomic E-state index is -0.501. The molecular formula is C15H12FN3O2. The van der Waals surface area contributed by atoms with E-state index >= 15 is 0 Å². The molecule has 0 amide bonds. The Hall–Kier alpha value is -2.60. The predicted octanol–water partition coefficient (Wildman–Crippen LogP) is 1.79. The highest BCUT2D eigenvalue weighted by Gasteiger charge is 2.07. The number of Topliss-reactive ketones (excluding diaryl/α,β-unsaturated/α-hetero) is 1. The molecule has 0 unspecified atom stereocenters. The van der Waals surface area contributed by atoms with Crippen LogP contribution in [0.1, 0.15) is 15.9 Å². The van der Waals surface area contributed by atoms with Gasteiger partial charge in [-0.3, -0.25) is 4.79 Å². The lowest BCUT2D eigenvalue weighted by atomic mass is 10.1. The summed E-state index contributed by atoms with van der Waals surface area (Å²) in [5.74, 6) is -0.662. The zero-order valence-corrected chi connectivity index (χ0v) is 11.0. The molecule has 106 valence electrons. The molecule has 0 spiro atoms. The van der Waals surface area contributed by atoms with Gasteiger partial charge in [-0.25, -0.2) is 9.07 Å². The Morgan fingerprint density at radius 2 is 1.95 bits per heavy atom. The number of nitrogens with zero attached hydrogens (tertiary/aromatic N) is 3. The van der Waals surface area contributed by atoms with Crippen molar-refractivity contribution in [3.8, 4) is 0 Å². The predicted molar refractivity (Wildman–Crippen MR) is 74.4 cm³/mol. The van der Waals surface area contributed by atoms with Crippen LogP contribution in [-0.2, 0) is 6.54 Å². The summed E-state index contributed by atoms with van der Waals surface area (Å²) < 4.78 is 14.8. The maximum absolute atomic E-state index is 13.1. The largest absolute Gasteiger partial charge is 0.388 e. The number of aliphatic hydroxyl groups excluding tert-OH is 1. The summed E-state index contributed by atoms with van der Waals surface area (Å²) in [4.78, 5) is 11.3. The van der Waals surface area contributed by atoms with Gasteiger partial charge in [0.05, 0.1) is 12.1 Å². The van der Waals surface area contributed by atoms with Crippen LogP contribution in [0.15, 0.2) is 42.5 Å². The topological polar surface area (TPSA) is 68.0 Å². The smallest absolute Gasteiger partial charge is 0.188 e. The van der Waals surface area contributed by atoms with Gasteiger partial charge in [0.25, 0.3) is 0 Å². The SMILES string of the molecule is O=C(CO)c1ccc(Cn2nnc3cc(F)ccc32)cc1. The molecule has 0 bridgehead atoms. The first-order chi connectivity index (χ1) is 10.2. The van der Waals surface area contributed by atoms with E-state index in [1.807, 2.05) is 0 Å². The van der Waals surface area contributed by atoms with Gasteiger partial charge in [0.2, 0.25) is 0 Å². The van der Waals surface area contributed by atoms with Gasteiger partial charge in [-0.15, -0.1) is 5.10 Å². The Morgan fingerprint density at radius 1 is 1.19 bits per heavy atom. The molecule has 0 aliphatic carbocycles. The van der Waals surface area contributed by atoms with Crippen molar-refractivity contribution < 1.29 is 14.3 Å². The van der Waals surface area contributed by atoms with Gasteiger partial charge >= 0.3 is 0 Å². The molecule has 1 N–H and O–H groups in total. The number of aliphatic hydroxyl groups is 1. The van der Waals surface area contributed by atoms with E-state index in [4.69, 9.17) is 5.11 Å². The van der Waals surface area contributed by atoms with Crippen LogP contribution in [0, 0.1) is 5.82 Å². The van der Waals surface area contributed by atoms with Crippen molar-refractivity contribution in [2.24, 2.45) is 0 Å². The number of rotatable bonds is 4. The van der Waals surface area contributed by atoms with Crippen LogP contribution < -0.4 is 0 Å². The van der Waals surface area contributed by atoms with E-state index in [0.29, 0.717) is 17.6 Å². The van der Waals surface area contributed by atoms with Gasteiger partial charge in [0.1, 0.15) is 17.9 Å². The molecule has 0 saturated carbocycles. The third-order valence-corrected chi connectivity index (χ3v) is 3.23. The van der Waals surface area contributed by atoms with Crippen LogP contribution >= 0.6 is 0 Å². The molecule has 3 rings (SSSR count). The Labute approximate surface area is 119 Å². The quantitative estimate of drug-likeness (QED) is 0.742. The molecule has 0 saturated heterocycles. The number of carbonyl (C=O) groups excluding carboxylic acids is 1. The first-order valence-corrected chi connectivity index (χ1v) is 6.39.